The molecule has 0 radical (unpaired) electrons. The third-order valence-corrected chi connectivity index (χ3v) is 4.45. The Morgan fingerprint density at radius 1 is 1.53 bits per heavy atom. The molecule has 0 amide bonds. The van der Waals surface area contributed by atoms with Crippen LogP contribution in [0.5, 0.6) is 0 Å². The van der Waals surface area contributed by atoms with Crippen molar-refractivity contribution >= 4 is 33.0 Å². The maximum absolute atomic E-state index is 11.9. The molecule has 1 aromatic rings. The zero-order valence-corrected chi connectivity index (χ0v) is 11.5. The number of aromatic nitrogens is 2. The molecule has 0 aliphatic carbocycles. The fraction of sp³-hybridized carbons (Fsp3) is 0.556. The van der Waals surface area contributed by atoms with Crippen molar-refractivity contribution in [2.24, 2.45) is 5.73 Å². The van der Waals surface area contributed by atoms with Crippen LogP contribution in [0.4, 0.5) is 5.82 Å². The van der Waals surface area contributed by atoms with Crippen LogP contribution in [-0.2, 0) is 10.0 Å². The van der Waals surface area contributed by atoms with Gasteiger partial charge in [0.05, 0.1) is 11.2 Å². The van der Waals surface area contributed by atoms with Gasteiger partial charge in [0.1, 0.15) is 11.1 Å². The summed E-state index contributed by atoms with van der Waals surface area (Å²) in [6, 6.07) is 1.65. The first-order chi connectivity index (χ1) is 7.75. The minimum absolute atomic E-state index is 0.0582. The number of nitrogens with two attached hydrogens (primary N) is 1. The molecule has 1 atom stereocenters. The fourth-order valence-corrected chi connectivity index (χ4v) is 2.51. The van der Waals surface area contributed by atoms with E-state index in [0.717, 1.165) is 0 Å². The zero-order chi connectivity index (χ0) is 13.2. The Balaban J connectivity index is 2.99. The molecule has 0 aliphatic heterocycles. The highest BCUT2D eigenvalue weighted by Gasteiger charge is 2.24. The number of nitrogens with one attached hydrogen (secondary N) is 1. The van der Waals surface area contributed by atoms with Gasteiger partial charge in [0, 0.05) is 12.1 Å². The molecule has 1 unspecified atom stereocenters. The van der Waals surface area contributed by atoms with Gasteiger partial charge in [-0.15, -0.1) is 0 Å². The van der Waals surface area contributed by atoms with Gasteiger partial charge >= 0.3 is 0 Å². The van der Waals surface area contributed by atoms with E-state index < -0.39 is 15.3 Å². The van der Waals surface area contributed by atoms with E-state index in [1.54, 1.807) is 10.7 Å². The summed E-state index contributed by atoms with van der Waals surface area (Å²) in [6.07, 6.45) is 1.53. The van der Waals surface area contributed by atoms with Crippen LogP contribution in [0.3, 0.4) is 0 Å². The van der Waals surface area contributed by atoms with Gasteiger partial charge in [-0.1, -0.05) is 12.2 Å². The Kier molecular flexibility index (Phi) is 4.10. The molecule has 0 spiro atoms. The molecule has 0 fully saturated rings. The molecule has 17 heavy (non-hydrogen) atoms. The van der Waals surface area contributed by atoms with Crippen LogP contribution in [0.1, 0.15) is 26.8 Å². The highest BCUT2D eigenvalue weighted by molar-refractivity contribution is 7.95. The lowest BCUT2D eigenvalue weighted by molar-refractivity contribution is 0.539. The average Bonchev–Trinajstić information content (AvgIpc) is 2.63. The van der Waals surface area contributed by atoms with Gasteiger partial charge < -0.3 is 5.73 Å². The van der Waals surface area contributed by atoms with E-state index in [1.807, 2.05) is 13.8 Å². The molecule has 3 N–H and O–H groups in total. The van der Waals surface area contributed by atoms with E-state index in [1.165, 1.54) is 13.1 Å². The molecule has 1 heterocycles. The third kappa shape index (κ3) is 3.16. The summed E-state index contributed by atoms with van der Waals surface area (Å²) in [7, 11) is -3.62. The maximum atomic E-state index is 11.9. The van der Waals surface area contributed by atoms with E-state index in [2.05, 4.69) is 22.0 Å². The Hall–Kier alpha value is -1.15. The van der Waals surface area contributed by atoms with Crippen LogP contribution in [0.15, 0.2) is 12.3 Å². The molecule has 0 bridgehead atoms. The van der Waals surface area contributed by atoms with Gasteiger partial charge in [-0.25, -0.2) is 13.1 Å². The number of rotatable bonds is 5. The van der Waals surface area contributed by atoms with Crippen molar-refractivity contribution in [1.82, 2.24) is 9.78 Å². The summed E-state index contributed by atoms with van der Waals surface area (Å²) < 4.78 is 27.8. The first-order valence-corrected chi connectivity index (χ1v) is 7.05. The first kappa shape index (κ1) is 13.9. The molecule has 0 saturated heterocycles. The topological polar surface area (TPSA) is 90.0 Å². The SMILES string of the molecule is CC(C)n1nccc1NS(=O)(=O)C(C)C(N)=S. The quantitative estimate of drug-likeness (QED) is 0.779. The number of nitrogens with zero attached hydrogens (tertiary/aromatic N) is 2. The summed E-state index contributed by atoms with van der Waals surface area (Å²) in [6.45, 7) is 5.25. The van der Waals surface area contributed by atoms with E-state index >= 15 is 0 Å². The van der Waals surface area contributed by atoms with Crippen molar-refractivity contribution in [3.05, 3.63) is 12.3 Å². The Bertz CT molecular complexity index is 507. The predicted octanol–water partition coefficient (Wildman–Crippen LogP) is 0.880. The Morgan fingerprint density at radius 3 is 2.59 bits per heavy atom. The van der Waals surface area contributed by atoms with E-state index in [4.69, 9.17) is 5.73 Å². The van der Waals surface area contributed by atoms with E-state index in [9.17, 15) is 8.42 Å². The van der Waals surface area contributed by atoms with Crippen LogP contribution < -0.4 is 10.5 Å². The zero-order valence-electron chi connectivity index (χ0n) is 9.91. The molecule has 8 heteroatoms. The van der Waals surface area contributed by atoms with Gasteiger partial charge in [0.2, 0.25) is 10.0 Å². The first-order valence-electron chi connectivity index (χ1n) is 5.10. The number of thiocarbonyl (C=S) groups is 1. The van der Waals surface area contributed by atoms with Crippen molar-refractivity contribution in [1.29, 1.82) is 0 Å². The molecular weight excluding hydrogens is 260 g/mol. The summed E-state index contributed by atoms with van der Waals surface area (Å²) in [5.74, 6) is 0.406. The number of hydrogen-bond donors (Lipinski definition) is 2. The standard InChI is InChI=1S/C9H16N4O2S2/c1-6(2)13-8(4-5-11-13)12-17(14,15)7(3)9(10)16/h4-7,12H,1-3H3,(H2,10,16). The summed E-state index contributed by atoms with van der Waals surface area (Å²) >= 11 is 4.68. The monoisotopic (exact) mass is 276 g/mol. The second kappa shape index (κ2) is 5.01. The molecule has 0 saturated carbocycles. The number of sulfonamides is 1. The molecule has 6 nitrogen and oxygen atoms in total. The Morgan fingerprint density at radius 2 is 2.12 bits per heavy atom. The Labute approximate surface area is 106 Å². The highest BCUT2D eigenvalue weighted by atomic mass is 32.2. The smallest absolute Gasteiger partial charge is 0.243 e. The molecule has 1 rings (SSSR count). The molecule has 1 aromatic heterocycles. The minimum Gasteiger partial charge on any atom is -0.392 e. The second-order valence-corrected chi connectivity index (χ2v) is 6.42. The van der Waals surface area contributed by atoms with Crippen molar-refractivity contribution in [3.8, 4) is 0 Å². The van der Waals surface area contributed by atoms with Gasteiger partial charge in [-0.3, -0.25) is 4.72 Å². The lowest BCUT2D eigenvalue weighted by Gasteiger charge is -2.16. The number of anilines is 1. The van der Waals surface area contributed by atoms with Crippen molar-refractivity contribution in [2.45, 2.75) is 32.1 Å². The van der Waals surface area contributed by atoms with Crippen molar-refractivity contribution in [3.63, 3.8) is 0 Å². The molecule has 0 aromatic carbocycles. The van der Waals surface area contributed by atoms with Crippen LogP contribution in [-0.4, -0.2) is 28.4 Å². The van der Waals surface area contributed by atoms with Crippen LogP contribution in [0, 0.1) is 0 Å². The number of hydrogen-bond acceptors (Lipinski definition) is 4. The summed E-state index contributed by atoms with van der Waals surface area (Å²) in [4.78, 5) is -0.0619. The van der Waals surface area contributed by atoms with E-state index in [-0.39, 0.29) is 11.0 Å². The normalized spacial score (nSPS) is 13.6. The largest absolute Gasteiger partial charge is 0.392 e. The fourth-order valence-electron chi connectivity index (χ4n) is 1.19. The lowest BCUT2D eigenvalue weighted by Crippen LogP contribution is -2.36. The van der Waals surface area contributed by atoms with Crippen LogP contribution in [0.2, 0.25) is 0 Å². The minimum atomic E-state index is -3.62. The highest BCUT2D eigenvalue weighted by Crippen LogP contribution is 2.16. The third-order valence-electron chi connectivity index (χ3n) is 2.27. The van der Waals surface area contributed by atoms with Crippen molar-refractivity contribution in [2.75, 3.05) is 4.72 Å². The van der Waals surface area contributed by atoms with E-state index in [0.29, 0.717) is 5.82 Å². The maximum Gasteiger partial charge on any atom is 0.243 e. The average molecular weight is 276 g/mol. The van der Waals surface area contributed by atoms with Gasteiger partial charge in [-0.2, -0.15) is 5.10 Å². The summed E-state index contributed by atoms with van der Waals surface area (Å²) in [5.41, 5.74) is 5.34. The predicted molar refractivity (Wildman–Crippen MR) is 71.4 cm³/mol. The van der Waals surface area contributed by atoms with Crippen LogP contribution >= 0.6 is 12.2 Å². The molecule has 0 aliphatic rings. The molecule has 96 valence electrons. The van der Waals surface area contributed by atoms with Gasteiger partial charge in [0.15, 0.2) is 0 Å². The second-order valence-electron chi connectivity index (χ2n) is 3.95. The van der Waals surface area contributed by atoms with Gasteiger partial charge in [-0.05, 0) is 20.8 Å². The summed E-state index contributed by atoms with van der Waals surface area (Å²) in [5, 5.41) is 3.11. The molecular formula is C9H16N4O2S2. The van der Waals surface area contributed by atoms with Crippen LogP contribution in [0.25, 0.3) is 0 Å². The van der Waals surface area contributed by atoms with Crippen molar-refractivity contribution < 1.29 is 8.42 Å². The lowest BCUT2D eigenvalue weighted by atomic mass is 10.4. The van der Waals surface area contributed by atoms with Gasteiger partial charge in [0.25, 0.3) is 0 Å².